The highest BCUT2D eigenvalue weighted by molar-refractivity contribution is 6.74. The molecule has 1 fully saturated rings. The van der Waals surface area contributed by atoms with E-state index in [1.54, 1.807) is 12.3 Å². The van der Waals surface area contributed by atoms with Crippen LogP contribution >= 0.6 is 0 Å². The molecule has 0 radical (unpaired) electrons. The topological polar surface area (TPSA) is 101 Å². The summed E-state index contributed by atoms with van der Waals surface area (Å²) in [6.45, 7) is 22.5. The maximum Gasteiger partial charge on any atom is 0.412 e. The van der Waals surface area contributed by atoms with Gasteiger partial charge in [-0.1, -0.05) is 41.5 Å². The SMILES string of the molecule is COC(=O)Nc1ccn([C@H]2C[C@H](O[Si](C)(C)C(C)(C)C)[C@@H](CO[Si](C)(C)C(C)(C)C)O2)c(=O)[15n]1. The van der Waals surface area contributed by atoms with Crippen molar-refractivity contribution < 1.29 is 23.1 Å². The van der Waals surface area contributed by atoms with Crippen molar-refractivity contribution in [1.82, 2.24) is 9.55 Å². The zero-order valence-corrected chi connectivity index (χ0v) is 24.6. The molecule has 0 bridgehead atoms. The number of nitrogens with one attached hydrogen (secondary N) is 1. The summed E-state index contributed by atoms with van der Waals surface area (Å²) in [5.41, 5.74) is -0.518. The molecule has 1 aliphatic heterocycles. The van der Waals surface area contributed by atoms with Gasteiger partial charge in [-0.2, -0.15) is 4.98 Å². The minimum Gasteiger partial charge on any atom is -0.453 e. The first-order valence-electron chi connectivity index (χ1n) is 11.8. The first kappa shape index (κ1) is 28.7. The number of methoxy groups -OCH3 is 1. The van der Waals surface area contributed by atoms with Gasteiger partial charge in [0.05, 0.1) is 19.8 Å². The third-order valence-electron chi connectivity index (χ3n) is 7.40. The Morgan fingerprint density at radius 2 is 1.74 bits per heavy atom. The molecule has 1 aromatic heterocycles. The fourth-order valence-corrected chi connectivity index (χ4v) is 5.44. The minimum absolute atomic E-state index is 0.0372. The number of aromatic nitrogens is 2. The van der Waals surface area contributed by atoms with Crippen LogP contribution in [0.1, 0.15) is 54.2 Å². The monoisotopic (exact) mass is 514 g/mol. The number of nitrogens with zero attached hydrogens (tertiary/aromatic N) is 2. The van der Waals surface area contributed by atoms with Gasteiger partial charge in [0.25, 0.3) is 0 Å². The second-order valence-electron chi connectivity index (χ2n) is 12.0. The van der Waals surface area contributed by atoms with Crippen molar-refractivity contribution in [3.05, 3.63) is 22.7 Å². The number of carbonyl (C=O) groups is 1. The molecule has 194 valence electrons. The maximum absolute atomic E-state index is 12.7. The van der Waals surface area contributed by atoms with E-state index >= 15 is 0 Å². The van der Waals surface area contributed by atoms with Crippen LogP contribution in [-0.4, -0.2) is 58.2 Å². The molecule has 1 saturated heterocycles. The van der Waals surface area contributed by atoms with Gasteiger partial charge in [0.1, 0.15) is 18.1 Å². The van der Waals surface area contributed by atoms with E-state index in [1.165, 1.54) is 11.7 Å². The molecule has 2 heterocycles. The molecule has 0 unspecified atom stereocenters. The van der Waals surface area contributed by atoms with E-state index in [2.05, 4.69) is 82.8 Å². The number of anilines is 1. The Kier molecular flexibility index (Phi) is 8.62. The summed E-state index contributed by atoms with van der Waals surface area (Å²) in [6.07, 6.45) is 0.376. The van der Waals surface area contributed by atoms with Crippen LogP contribution < -0.4 is 11.0 Å². The summed E-state index contributed by atoms with van der Waals surface area (Å²) in [6, 6.07) is 1.55. The average Bonchev–Trinajstić information content (AvgIpc) is 3.06. The standard InChI is InChI=1S/C23H43N3O6Si2/c1-22(2,3)33(8,9)30-15-17-16(32-34(10,11)23(4,5)6)14-19(31-17)26-13-12-18(24-20(26)27)25-21(28)29-7/h12-13,16-17,19H,14-15H2,1-11H3,(H,24,25,27,28)/t16-,17+,19+/m0/s1/i24+1. The highest BCUT2D eigenvalue weighted by Crippen LogP contribution is 2.42. The predicted octanol–water partition coefficient (Wildman–Crippen LogP) is 5.12. The van der Waals surface area contributed by atoms with Crippen molar-refractivity contribution >= 4 is 28.5 Å². The third kappa shape index (κ3) is 6.78. The van der Waals surface area contributed by atoms with Crippen molar-refractivity contribution in [1.29, 1.82) is 0 Å². The summed E-state index contributed by atoms with van der Waals surface area (Å²) >= 11 is 0. The Hall–Kier alpha value is -1.54. The lowest BCUT2D eigenvalue weighted by Crippen LogP contribution is -2.48. The Morgan fingerprint density at radius 3 is 2.24 bits per heavy atom. The Labute approximate surface area is 205 Å². The largest absolute Gasteiger partial charge is 0.453 e. The molecule has 0 spiro atoms. The van der Waals surface area contributed by atoms with Gasteiger partial charge in [0, 0.05) is 12.6 Å². The van der Waals surface area contributed by atoms with E-state index in [9.17, 15) is 9.59 Å². The molecule has 2 rings (SSSR count). The number of amides is 1. The molecule has 0 aliphatic carbocycles. The van der Waals surface area contributed by atoms with Crippen LogP contribution in [0.25, 0.3) is 0 Å². The lowest BCUT2D eigenvalue weighted by atomic mass is 10.2. The van der Waals surface area contributed by atoms with E-state index < -0.39 is 34.6 Å². The average molecular weight is 515 g/mol. The molecule has 0 aromatic carbocycles. The van der Waals surface area contributed by atoms with Crippen molar-refractivity contribution in [3.63, 3.8) is 0 Å². The molecule has 3 atom stereocenters. The van der Waals surface area contributed by atoms with Gasteiger partial charge in [-0.25, -0.2) is 9.59 Å². The van der Waals surface area contributed by atoms with Crippen LogP contribution in [0.4, 0.5) is 10.6 Å². The summed E-state index contributed by atoms with van der Waals surface area (Å²) in [7, 11) is -2.83. The summed E-state index contributed by atoms with van der Waals surface area (Å²) < 4.78 is 25.6. The molecule has 1 amide bonds. The smallest absolute Gasteiger partial charge is 0.412 e. The van der Waals surface area contributed by atoms with Gasteiger partial charge in [0.15, 0.2) is 16.6 Å². The molecule has 11 heteroatoms. The fraction of sp³-hybridized carbons (Fsp3) is 0.783. The molecule has 1 aliphatic rings. The fourth-order valence-electron chi connectivity index (χ4n) is 3.06. The normalized spacial score (nSPS) is 22.0. The van der Waals surface area contributed by atoms with Gasteiger partial charge in [-0.3, -0.25) is 9.88 Å². The highest BCUT2D eigenvalue weighted by Gasteiger charge is 2.46. The highest BCUT2D eigenvalue weighted by atomic mass is 28.4. The van der Waals surface area contributed by atoms with Crippen molar-refractivity contribution in [2.45, 2.75) is 103 Å². The molecule has 34 heavy (non-hydrogen) atoms. The first-order valence-corrected chi connectivity index (χ1v) is 17.6. The second kappa shape index (κ2) is 10.2. The number of carbonyl (C=O) groups excluding carboxylic acids is 1. The summed E-state index contributed by atoms with van der Waals surface area (Å²) in [5, 5.41) is 2.52. The van der Waals surface area contributed by atoms with Crippen LogP contribution in [0.15, 0.2) is 17.1 Å². The lowest BCUT2D eigenvalue weighted by molar-refractivity contribution is -0.0411. The maximum atomic E-state index is 12.7. The number of ether oxygens (including phenoxy) is 2. The molecule has 0 saturated carbocycles. The van der Waals surface area contributed by atoms with E-state index in [4.69, 9.17) is 13.6 Å². The zero-order chi connectivity index (χ0) is 26.1. The quantitative estimate of drug-likeness (QED) is 0.504. The van der Waals surface area contributed by atoms with E-state index in [0.29, 0.717) is 13.0 Å². The van der Waals surface area contributed by atoms with Gasteiger partial charge in [0.2, 0.25) is 0 Å². The van der Waals surface area contributed by atoms with Gasteiger partial charge < -0.3 is 18.3 Å². The van der Waals surface area contributed by atoms with Crippen LogP contribution in [0.2, 0.25) is 36.3 Å². The summed E-state index contributed by atoms with van der Waals surface area (Å²) in [4.78, 5) is 28.1. The molecular weight excluding hydrogens is 471 g/mol. The molecule has 1 N–H and O–H groups in total. The van der Waals surface area contributed by atoms with Gasteiger partial charge in [-0.05, 0) is 42.3 Å². The van der Waals surface area contributed by atoms with E-state index in [-0.39, 0.29) is 28.1 Å². The van der Waals surface area contributed by atoms with Crippen molar-refractivity contribution in [2.75, 3.05) is 19.0 Å². The Balaban J connectivity index is 2.28. The number of rotatable bonds is 7. The van der Waals surface area contributed by atoms with Crippen LogP contribution in [-0.2, 0) is 18.3 Å². The van der Waals surface area contributed by atoms with Gasteiger partial charge >= 0.3 is 11.8 Å². The van der Waals surface area contributed by atoms with E-state index in [0.717, 1.165) is 0 Å². The molecule has 9 nitrogen and oxygen atoms in total. The van der Waals surface area contributed by atoms with Crippen molar-refractivity contribution in [2.24, 2.45) is 0 Å². The molecular formula is C23H43N3O6Si2. The van der Waals surface area contributed by atoms with Crippen LogP contribution in [0.3, 0.4) is 0 Å². The Morgan fingerprint density at radius 1 is 1.15 bits per heavy atom. The second-order valence-corrected chi connectivity index (χ2v) is 21.5. The van der Waals surface area contributed by atoms with Crippen LogP contribution in [0.5, 0.6) is 0 Å². The minimum atomic E-state index is -2.09. The predicted molar refractivity (Wildman–Crippen MR) is 138 cm³/mol. The number of hydrogen-bond acceptors (Lipinski definition) is 7. The van der Waals surface area contributed by atoms with Crippen molar-refractivity contribution in [3.8, 4) is 0 Å². The zero-order valence-electron chi connectivity index (χ0n) is 22.6. The van der Waals surface area contributed by atoms with E-state index in [1.807, 2.05) is 0 Å². The summed E-state index contributed by atoms with van der Waals surface area (Å²) in [5.74, 6) is 0.123. The third-order valence-corrected chi connectivity index (χ3v) is 16.4. The van der Waals surface area contributed by atoms with Gasteiger partial charge in [-0.15, -0.1) is 0 Å². The Bertz CT molecular complexity index is 921. The first-order chi connectivity index (χ1) is 15.4. The lowest BCUT2D eigenvalue weighted by Gasteiger charge is -2.40. The molecule has 1 aromatic rings. The van der Waals surface area contributed by atoms with Crippen LogP contribution in [0, 0.1) is 0 Å². The number of hydrogen-bond donors (Lipinski definition) is 1.